The van der Waals surface area contributed by atoms with Crippen molar-refractivity contribution in [2.24, 2.45) is 11.7 Å². The molecule has 26 heavy (non-hydrogen) atoms. The van der Waals surface area contributed by atoms with Crippen molar-refractivity contribution < 1.29 is 9.90 Å². The number of aromatic nitrogens is 2. The molecule has 0 radical (unpaired) electrons. The van der Waals surface area contributed by atoms with Gasteiger partial charge in [-0.15, -0.1) is 0 Å². The topological polar surface area (TPSA) is 113 Å². The first-order valence-corrected chi connectivity index (χ1v) is 9.91. The summed E-state index contributed by atoms with van der Waals surface area (Å²) in [7, 11) is 0. The van der Waals surface area contributed by atoms with E-state index in [2.05, 4.69) is 27.5 Å². The number of hydrogen-bond acceptors (Lipinski definition) is 6. The van der Waals surface area contributed by atoms with Gasteiger partial charge in [-0.3, -0.25) is 4.79 Å². The molecule has 1 aromatic heterocycles. The quantitative estimate of drug-likeness (QED) is 0.619. The van der Waals surface area contributed by atoms with Gasteiger partial charge in [0.15, 0.2) is 0 Å². The lowest BCUT2D eigenvalue weighted by atomic mass is 9.85. The molecule has 5 N–H and O–H groups in total. The van der Waals surface area contributed by atoms with E-state index in [-0.39, 0.29) is 12.1 Å². The van der Waals surface area contributed by atoms with Gasteiger partial charge in [0.05, 0.1) is 11.7 Å². The van der Waals surface area contributed by atoms with Crippen LogP contribution in [-0.4, -0.2) is 39.2 Å². The molecule has 1 heterocycles. The summed E-state index contributed by atoms with van der Waals surface area (Å²) >= 11 is 0. The first-order valence-electron chi connectivity index (χ1n) is 9.91. The lowest BCUT2D eigenvalue weighted by Crippen LogP contribution is -2.31. The maximum atomic E-state index is 11.7. The number of hydrogen-bond donors (Lipinski definition) is 4. The number of amides is 1. The Bertz CT molecular complexity index is 610. The molecule has 0 unspecified atom stereocenters. The third kappa shape index (κ3) is 4.84. The highest BCUT2D eigenvalue weighted by Gasteiger charge is 2.23. The molecule has 0 aromatic carbocycles. The van der Waals surface area contributed by atoms with Crippen LogP contribution in [-0.2, 0) is 0 Å². The van der Waals surface area contributed by atoms with E-state index in [1.54, 1.807) is 0 Å². The van der Waals surface area contributed by atoms with Gasteiger partial charge in [-0.2, -0.15) is 4.98 Å². The van der Waals surface area contributed by atoms with Crippen LogP contribution in [0.3, 0.4) is 0 Å². The average Bonchev–Trinajstić information content (AvgIpc) is 2.64. The summed E-state index contributed by atoms with van der Waals surface area (Å²) < 4.78 is 0. The number of aliphatic hydroxyl groups is 1. The van der Waals surface area contributed by atoms with Crippen LogP contribution in [0.1, 0.15) is 75.1 Å². The number of anilines is 2. The van der Waals surface area contributed by atoms with Crippen molar-refractivity contribution >= 4 is 17.7 Å². The SMILES string of the molecule is C[C@H](Nc1ncc(C(N)=O)c(N[C@H]2CC[C@@H](O)CC2)n1)C1CCCCC1. The number of primary amides is 1. The van der Waals surface area contributed by atoms with Crippen molar-refractivity contribution in [2.45, 2.75) is 82.9 Å². The third-order valence-electron chi connectivity index (χ3n) is 5.81. The van der Waals surface area contributed by atoms with E-state index in [9.17, 15) is 9.90 Å². The lowest BCUT2D eigenvalue weighted by Gasteiger charge is -2.29. The second kappa shape index (κ2) is 8.66. The summed E-state index contributed by atoms with van der Waals surface area (Å²) in [5.74, 6) is 1.13. The summed E-state index contributed by atoms with van der Waals surface area (Å²) in [6.45, 7) is 2.18. The smallest absolute Gasteiger partial charge is 0.254 e. The molecule has 2 aliphatic rings. The van der Waals surface area contributed by atoms with E-state index in [0.717, 1.165) is 25.7 Å². The highest BCUT2D eigenvalue weighted by molar-refractivity contribution is 5.97. The molecule has 0 bridgehead atoms. The van der Waals surface area contributed by atoms with E-state index >= 15 is 0 Å². The molecule has 2 saturated carbocycles. The highest BCUT2D eigenvalue weighted by Crippen LogP contribution is 2.28. The Morgan fingerprint density at radius 2 is 1.88 bits per heavy atom. The van der Waals surface area contributed by atoms with Gasteiger partial charge in [0.25, 0.3) is 5.91 Å². The van der Waals surface area contributed by atoms with Crippen LogP contribution >= 0.6 is 0 Å². The summed E-state index contributed by atoms with van der Waals surface area (Å²) in [5, 5.41) is 16.4. The first kappa shape index (κ1) is 18.9. The highest BCUT2D eigenvalue weighted by atomic mass is 16.3. The molecule has 2 aliphatic carbocycles. The van der Waals surface area contributed by atoms with Gasteiger partial charge in [0.1, 0.15) is 5.82 Å². The van der Waals surface area contributed by atoms with Crippen LogP contribution in [0.2, 0.25) is 0 Å². The van der Waals surface area contributed by atoms with E-state index < -0.39 is 5.91 Å². The van der Waals surface area contributed by atoms with E-state index in [4.69, 9.17) is 5.73 Å². The Balaban J connectivity index is 1.69. The minimum atomic E-state index is -0.532. The van der Waals surface area contributed by atoms with Crippen LogP contribution < -0.4 is 16.4 Å². The van der Waals surface area contributed by atoms with Crippen molar-refractivity contribution in [1.82, 2.24) is 9.97 Å². The molecule has 0 saturated heterocycles. The number of nitrogens with zero attached hydrogens (tertiary/aromatic N) is 2. The monoisotopic (exact) mass is 361 g/mol. The molecule has 0 spiro atoms. The zero-order chi connectivity index (χ0) is 18.5. The molecule has 1 aromatic rings. The molecule has 3 rings (SSSR count). The summed E-state index contributed by atoms with van der Waals surface area (Å²) in [6.07, 6.45) is 10.9. The third-order valence-corrected chi connectivity index (χ3v) is 5.81. The molecule has 0 aliphatic heterocycles. The molecule has 7 heteroatoms. The van der Waals surface area contributed by atoms with Gasteiger partial charge in [-0.25, -0.2) is 4.98 Å². The van der Waals surface area contributed by atoms with Crippen LogP contribution in [0.15, 0.2) is 6.20 Å². The van der Waals surface area contributed by atoms with Crippen molar-refractivity contribution in [1.29, 1.82) is 0 Å². The number of nitrogens with one attached hydrogen (secondary N) is 2. The molecule has 144 valence electrons. The molecule has 1 amide bonds. The molecule has 7 nitrogen and oxygen atoms in total. The van der Waals surface area contributed by atoms with E-state index in [0.29, 0.717) is 29.3 Å². The number of carbonyl (C=O) groups excluding carboxylic acids is 1. The molecule has 1 atom stereocenters. The van der Waals surface area contributed by atoms with E-state index in [1.165, 1.54) is 38.3 Å². The Kier molecular flexibility index (Phi) is 6.29. The Hall–Kier alpha value is -1.89. The molecular weight excluding hydrogens is 330 g/mol. The van der Waals surface area contributed by atoms with Crippen molar-refractivity contribution in [3.05, 3.63) is 11.8 Å². The second-order valence-corrected chi connectivity index (χ2v) is 7.80. The maximum absolute atomic E-state index is 11.7. The fourth-order valence-corrected chi connectivity index (χ4v) is 4.11. The number of rotatable bonds is 6. The number of nitrogens with two attached hydrogens (primary N) is 1. The van der Waals surface area contributed by atoms with Crippen LogP contribution in [0.25, 0.3) is 0 Å². The minimum Gasteiger partial charge on any atom is -0.393 e. The van der Waals surface area contributed by atoms with Gasteiger partial charge in [-0.1, -0.05) is 19.3 Å². The van der Waals surface area contributed by atoms with E-state index in [1.807, 2.05) is 0 Å². The van der Waals surface area contributed by atoms with Gasteiger partial charge >= 0.3 is 0 Å². The van der Waals surface area contributed by atoms with Crippen LogP contribution in [0, 0.1) is 5.92 Å². The zero-order valence-electron chi connectivity index (χ0n) is 15.6. The molecule has 2 fully saturated rings. The Morgan fingerprint density at radius 1 is 1.19 bits per heavy atom. The molecular formula is C19H31N5O2. The van der Waals surface area contributed by atoms with Crippen LogP contribution in [0.4, 0.5) is 11.8 Å². The summed E-state index contributed by atoms with van der Waals surface area (Å²) in [5.41, 5.74) is 5.80. The fourth-order valence-electron chi connectivity index (χ4n) is 4.11. The standard InChI is InChI=1S/C19H31N5O2/c1-12(13-5-3-2-4-6-13)22-19-21-11-16(17(20)26)18(24-19)23-14-7-9-15(25)10-8-14/h11-15,25H,2-10H2,1H3,(H2,20,26)(H2,21,22,23,24)/t12-,14-,15+/m0/s1. The Morgan fingerprint density at radius 3 is 2.54 bits per heavy atom. The van der Waals surface area contributed by atoms with Crippen molar-refractivity contribution in [3.63, 3.8) is 0 Å². The van der Waals surface area contributed by atoms with Crippen molar-refractivity contribution in [2.75, 3.05) is 10.6 Å². The largest absolute Gasteiger partial charge is 0.393 e. The van der Waals surface area contributed by atoms with Gasteiger partial charge in [0, 0.05) is 18.3 Å². The van der Waals surface area contributed by atoms with Gasteiger partial charge in [-0.05, 0) is 51.4 Å². The van der Waals surface area contributed by atoms with Gasteiger partial charge < -0.3 is 21.5 Å². The second-order valence-electron chi connectivity index (χ2n) is 7.80. The lowest BCUT2D eigenvalue weighted by molar-refractivity contribution is 0.1000. The number of carbonyl (C=O) groups is 1. The normalized spacial score (nSPS) is 25.5. The Labute approximate surface area is 155 Å². The minimum absolute atomic E-state index is 0.190. The van der Waals surface area contributed by atoms with Crippen molar-refractivity contribution in [3.8, 4) is 0 Å². The van der Waals surface area contributed by atoms with Gasteiger partial charge in [0.2, 0.25) is 5.95 Å². The summed E-state index contributed by atoms with van der Waals surface area (Å²) in [4.78, 5) is 20.6. The maximum Gasteiger partial charge on any atom is 0.254 e. The summed E-state index contributed by atoms with van der Waals surface area (Å²) in [6, 6.07) is 0.488. The average molecular weight is 361 g/mol. The number of aliphatic hydroxyl groups excluding tert-OH is 1. The zero-order valence-corrected chi connectivity index (χ0v) is 15.6. The first-order chi connectivity index (χ1) is 12.5. The predicted molar refractivity (Wildman–Crippen MR) is 102 cm³/mol. The predicted octanol–water partition coefficient (Wildman–Crippen LogP) is 2.67. The van der Waals surface area contributed by atoms with Crippen LogP contribution in [0.5, 0.6) is 0 Å². The fraction of sp³-hybridized carbons (Fsp3) is 0.737.